The summed E-state index contributed by atoms with van der Waals surface area (Å²) in [6, 6.07) is 11.4. The average molecular weight is 391 g/mol. The molecule has 2 heterocycles. The molecular formula is C17H19ClN6OS. The Labute approximate surface area is 160 Å². The summed E-state index contributed by atoms with van der Waals surface area (Å²) in [7, 11) is 3.99. The van der Waals surface area contributed by atoms with E-state index in [1.165, 1.54) is 9.67 Å². The van der Waals surface area contributed by atoms with Crippen molar-refractivity contribution in [2.45, 2.75) is 12.6 Å². The minimum atomic E-state index is -0.159. The number of rotatable bonds is 7. The summed E-state index contributed by atoms with van der Waals surface area (Å²) in [5.41, 5.74) is 0.798. The number of carbonyl (C=O) groups excluding carboxylic acids is 1. The van der Waals surface area contributed by atoms with Crippen LogP contribution >= 0.6 is 22.9 Å². The highest BCUT2D eigenvalue weighted by Crippen LogP contribution is 2.22. The molecule has 1 atom stereocenters. The van der Waals surface area contributed by atoms with Crippen LogP contribution in [-0.2, 0) is 11.3 Å². The molecule has 2 aromatic heterocycles. The van der Waals surface area contributed by atoms with Gasteiger partial charge in [-0.1, -0.05) is 17.7 Å². The summed E-state index contributed by atoms with van der Waals surface area (Å²) >= 11 is 7.55. The van der Waals surface area contributed by atoms with E-state index in [9.17, 15) is 4.79 Å². The van der Waals surface area contributed by atoms with Gasteiger partial charge in [0.25, 0.3) is 0 Å². The van der Waals surface area contributed by atoms with Crippen molar-refractivity contribution < 1.29 is 4.79 Å². The number of benzene rings is 1. The van der Waals surface area contributed by atoms with Gasteiger partial charge in [0.2, 0.25) is 11.7 Å². The van der Waals surface area contributed by atoms with Crippen molar-refractivity contribution in [2.75, 3.05) is 20.6 Å². The molecule has 3 aromatic rings. The van der Waals surface area contributed by atoms with Crippen LogP contribution in [0.5, 0.6) is 0 Å². The Morgan fingerprint density at radius 2 is 2.08 bits per heavy atom. The summed E-state index contributed by atoms with van der Waals surface area (Å²) in [6.07, 6.45) is 0. The highest BCUT2D eigenvalue weighted by Gasteiger charge is 2.17. The maximum absolute atomic E-state index is 12.2. The van der Waals surface area contributed by atoms with Gasteiger partial charge in [0.15, 0.2) is 0 Å². The predicted octanol–water partition coefficient (Wildman–Crippen LogP) is 2.47. The molecule has 0 aliphatic carbocycles. The summed E-state index contributed by atoms with van der Waals surface area (Å²) < 4.78 is 0. The fraction of sp³-hybridized carbons (Fsp3) is 0.294. The molecule has 136 valence electrons. The molecule has 0 spiro atoms. The minimum absolute atomic E-state index is 0.0190. The molecule has 3 rings (SSSR count). The highest BCUT2D eigenvalue weighted by molar-refractivity contribution is 7.10. The second-order valence-corrected chi connectivity index (χ2v) is 7.36. The Morgan fingerprint density at radius 3 is 2.73 bits per heavy atom. The van der Waals surface area contributed by atoms with Crippen molar-refractivity contribution in [1.29, 1.82) is 0 Å². The smallest absolute Gasteiger partial charge is 0.243 e. The lowest BCUT2D eigenvalue weighted by Crippen LogP contribution is -2.36. The number of nitrogens with one attached hydrogen (secondary N) is 1. The largest absolute Gasteiger partial charge is 0.352 e. The molecule has 0 aliphatic rings. The van der Waals surface area contributed by atoms with Crippen LogP contribution in [0.4, 0.5) is 0 Å². The number of carbonyl (C=O) groups is 1. The van der Waals surface area contributed by atoms with Crippen molar-refractivity contribution in [3.63, 3.8) is 0 Å². The van der Waals surface area contributed by atoms with Crippen LogP contribution in [0.3, 0.4) is 0 Å². The van der Waals surface area contributed by atoms with Crippen LogP contribution in [0.1, 0.15) is 10.9 Å². The lowest BCUT2D eigenvalue weighted by atomic mass is 10.2. The first kappa shape index (κ1) is 18.5. The van der Waals surface area contributed by atoms with E-state index in [1.807, 2.05) is 37.7 Å². The third-order valence-electron chi connectivity index (χ3n) is 3.83. The molecule has 0 saturated heterocycles. The Hall–Kier alpha value is -2.29. The quantitative estimate of drug-likeness (QED) is 0.670. The molecule has 1 amide bonds. The molecule has 0 fully saturated rings. The number of likely N-dealkylation sites (N-methyl/N-ethyl adjacent to an activating group) is 1. The first-order valence-corrected chi connectivity index (χ1v) is 9.29. The fourth-order valence-electron chi connectivity index (χ4n) is 2.44. The number of hydrogen-bond donors (Lipinski definition) is 1. The summed E-state index contributed by atoms with van der Waals surface area (Å²) in [5.74, 6) is 0.299. The third kappa shape index (κ3) is 4.66. The van der Waals surface area contributed by atoms with Gasteiger partial charge in [0.1, 0.15) is 6.54 Å². The van der Waals surface area contributed by atoms with Crippen molar-refractivity contribution in [3.8, 4) is 11.4 Å². The number of aromatic nitrogens is 4. The van der Waals surface area contributed by atoms with Crippen molar-refractivity contribution in [2.24, 2.45) is 0 Å². The maximum atomic E-state index is 12.2. The molecule has 9 heteroatoms. The zero-order valence-corrected chi connectivity index (χ0v) is 16.0. The molecule has 0 unspecified atom stereocenters. The SMILES string of the molecule is CN(C)[C@H](CNC(=O)Cn1nnc(-c2ccc(Cl)cc2)n1)c1cccs1. The van der Waals surface area contributed by atoms with E-state index in [2.05, 4.69) is 31.7 Å². The number of hydrogen-bond acceptors (Lipinski definition) is 6. The number of halogens is 1. The lowest BCUT2D eigenvalue weighted by Gasteiger charge is -2.23. The molecular weight excluding hydrogens is 372 g/mol. The monoisotopic (exact) mass is 390 g/mol. The molecule has 7 nitrogen and oxygen atoms in total. The van der Waals surface area contributed by atoms with Crippen LogP contribution in [0.2, 0.25) is 5.02 Å². The van der Waals surface area contributed by atoms with Crippen molar-refractivity contribution in [1.82, 2.24) is 30.4 Å². The Morgan fingerprint density at radius 1 is 1.31 bits per heavy atom. The normalized spacial score (nSPS) is 12.3. The van der Waals surface area contributed by atoms with E-state index >= 15 is 0 Å². The first-order chi connectivity index (χ1) is 12.5. The Kier molecular flexibility index (Phi) is 5.97. The van der Waals surface area contributed by atoms with Gasteiger partial charge in [0.05, 0.1) is 6.04 Å². The zero-order valence-electron chi connectivity index (χ0n) is 14.5. The van der Waals surface area contributed by atoms with E-state index in [0.717, 1.165) is 5.56 Å². The average Bonchev–Trinajstić information content (AvgIpc) is 3.28. The van der Waals surface area contributed by atoms with Crippen molar-refractivity contribution in [3.05, 3.63) is 51.7 Å². The highest BCUT2D eigenvalue weighted by atomic mass is 35.5. The number of thiophene rings is 1. The van der Waals surface area contributed by atoms with Gasteiger partial charge >= 0.3 is 0 Å². The van der Waals surface area contributed by atoms with E-state index in [1.54, 1.807) is 23.5 Å². The molecule has 1 N–H and O–H groups in total. The van der Waals surface area contributed by atoms with E-state index in [0.29, 0.717) is 17.4 Å². The van der Waals surface area contributed by atoms with Crippen molar-refractivity contribution >= 4 is 28.8 Å². The third-order valence-corrected chi connectivity index (χ3v) is 5.05. The zero-order chi connectivity index (χ0) is 18.5. The number of nitrogens with zero attached hydrogens (tertiary/aromatic N) is 5. The van der Waals surface area contributed by atoms with Gasteiger partial charge in [-0.3, -0.25) is 4.79 Å². The molecule has 0 aliphatic heterocycles. The minimum Gasteiger partial charge on any atom is -0.352 e. The second-order valence-electron chi connectivity index (χ2n) is 5.95. The van der Waals surface area contributed by atoms with E-state index in [-0.39, 0.29) is 18.5 Å². The topological polar surface area (TPSA) is 75.9 Å². The van der Waals surface area contributed by atoms with Gasteiger partial charge in [-0.05, 0) is 55.0 Å². The molecule has 0 radical (unpaired) electrons. The Balaban J connectivity index is 1.57. The standard InChI is InChI=1S/C17H19ClN6OS/c1-23(2)14(15-4-3-9-26-15)10-19-16(25)11-24-21-17(20-22-24)12-5-7-13(18)8-6-12/h3-9,14H,10-11H2,1-2H3,(H,19,25)/t14-/m1/s1. The van der Waals surface area contributed by atoms with E-state index < -0.39 is 0 Å². The fourth-order valence-corrected chi connectivity index (χ4v) is 3.49. The molecule has 0 bridgehead atoms. The van der Waals surface area contributed by atoms with Gasteiger partial charge in [-0.15, -0.1) is 21.5 Å². The van der Waals surface area contributed by atoms with Crippen LogP contribution in [0, 0.1) is 0 Å². The molecule has 0 saturated carbocycles. The summed E-state index contributed by atoms with van der Waals surface area (Å²) in [4.78, 5) is 16.8. The van der Waals surface area contributed by atoms with Crippen LogP contribution in [0.25, 0.3) is 11.4 Å². The van der Waals surface area contributed by atoms with Gasteiger partial charge < -0.3 is 10.2 Å². The van der Waals surface area contributed by atoms with Gasteiger partial charge in [-0.25, -0.2) is 0 Å². The molecule has 1 aromatic carbocycles. The number of amides is 1. The van der Waals surface area contributed by atoms with Gasteiger partial charge in [-0.2, -0.15) is 4.80 Å². The molecule has 26 heavy (non-hydrogen) atoms. The summed E-state index contributed by atoms with van der Waals surface area (Å²) in [5, 5.41) is 17.8. The Bertz CT molecular complexity index is 847. The summed E-state index contributed by atoms with van der Waals surface area (Å²) in [6.45, 7) is 0.538. The maximum Gasteiger partial charge on any atom is 0.243 e. The van der Waals surface area contributed by atoms with Crippen LogP contribution in [-0.4, -0.2) is 51.7 Å². The second kappa shape index (κ2) is 8.39. The van der Waals surface area contributed by atoms with Crippen LogP contribution < -0.4 is 5.32 Å². The number of tetrazole rings is 1. The lowest BCUT2D eigenvalue weighted by molar-refractivity contribution is -0.122. The van der Waals surface area contributed by atoms with Gasteiger partial charge in [0, 0.05) is 22.0 Å². The predicted molar refractivity (Wildman–Crippen MR) is 102 cm³/mol. The van der Waals surface area contributed by atoms with E-state index in [4.69, 9.17) is 11.6 Å². The van der Waals surface area contributed by atoms with Crippen LogP contribution in [0.15, 0.2) is 41.8 Å². The first-order valence-electron chi connectivity index (χ1n) is 8.03.